The first-order valence-corrected chi connectivity index (χ1v) is 13.5. The van der Waals surface area contributed by atoms with Gasteiger partial charge in [-0.1, -0.05) is 60.1 Å². The fourth-order valence-corrected chi connectivity index (χ4v) is 8.05. The molecule has 152 valence electrons. The number of carbonyl (C=O) groups is 1. The van der Waals surface area contributed by atoms with Crippen molar-refractivity contribution in [2.75, 3.05) is 0 Å². The van der Waals surface area contributed by atoms with Gasteiger partial charge in [-0.2, -0.15) is 0 Å². The smallest absolute Gasteiger partial charge is 0.189 e. The highest BCUT2D eigenvalue weighted by Crippen LogP contribution is 2.48. The molecule has 1 N–H and O–H groups in total. The van der Waals surface area contributed by atoms with E-state index in [0.29, 0.717) is 5.92 Å². The van der Waals surface area contributed by atoms with Gasteiger partial charge >= 0.3 is 0 Å². The Labute approximate surface area is 161 Å². The third kappa shape index (κ3) is 4.11. The van der Waals surface area contributed by atoms with E-state index in [0.717, 1.165) is 25.7 Å². The third-order valence-corrected chi connectivity index (χ3v) is 13.2. The summed E-state index contributed by atoms with van der Waals surface area (Å²) in [5, 5.41) is 11.0. The van der Waals surface area contributed by atoms with Crippen LogP contribution in [0, 0.1) is 11.8 Å². The minimum Gasteiger partial charge on any atom is -0.390 e. The molecule has 1 saturated carbocycles. The van der Waals surface area contributed by atoms with Crippen molar-refractivity contribution in [2.24, 2.45) is 11.8 Å². The number of aliphatic hydroxyl groups excluding tert-OH is 1. The SMILES string of the molecule is CC(C)C(C)(C)[Si](C)(C)[C@@H]1OC(C)(C)O[C@@H]([C@@H](O)C2CCCCC2)C1=O. The molecule has 0 amide bonds. The number of hydrogen-bond donors (Lipinski definition) is 1. The Hall–Kier alpha value is -0.233. The zero-order valence-corrected chi connectivity index (χ0v) is 19.1. The molecule has 2 fully saturated rings. The van der Waals surface area contributed by atoms with Crippen LogP contribution in [0.3, 0.4) is 0 Å². The highest BCUT2D eigenvalue weighted by molar-refractivity contribution is 6.84. The van der Waals surface area contributed by atoms with Crippen molar-refractivity contribution in [3.05, 3.63) is 0 Å². The van der Waals surface area contributed by atoms with Gasteiger partial charge in [0.2, 0.25) is 0 Å². The zero-order valence-electron chi connectivity index (χ0n) is 18.1. The Kier molecular flexibility index (Phi) is 6.49. The summed E-state index contributed by atoms with van der Waals surface area (Å²) in [6.07, 6.45) is 3.97. The first-order chi connectivity index (χ1) is 11.8. The fourth-order valence-electron chi connectivity index (χ4n) is 4.43. The van der Waals surface area contributed by atoms with Gasteiger partial charge in [-0.25, -0.2) is 0 Å². The molecular formula is C21H40O4Si. The van der Waals surface area contributed by atoms with Gasteiger partial charge < -0.3 is 14.6 Å². The highest BCUT2D eigenvalue weighted by Gasteiger charge is 2.57. The van der Waals surface area contributed by atoms with Crippen molar-refractivity contribution in [2.45, 2.75) is 116 Å². The molecule has 0 aromatic rings. The average Bonchev–Trinajstić information content (AvgIpc) is 2.56. The molecule has 5 heteroatoms. The molecule has 1 aliphatic carbocycles. The summed E-state index contributed by atoms with van der Waals surface area (Å²) in [7, 11) is -2.15. The van der Waals surface area contributed by atoms with Crippen molar-refractivity contribution < 1.29 is 19.4 Å². The summed E-state index contributed by atoms with van der Waals surface area (Å²) in [4.78, 5) is 13.4. The van der Waals surface area contributed by atoms with Crippen molar-refractivity contribution in [1.29, 1.82) is 0 Å². The predicted molar refractivity (Wildman–Crippen MR) is 108 cm³/mol. The lowest BCUT2D eigenvalue weighted by Gasteiger charge is -2.52. The summed E-state index contributed by atoms with van der Waals surface area (Å²) in [6, 6.07) is 0. The van der Waals surface area contributed by atoms with Crippen LogP contribution in [0.1, 0.15) is 73.6 Å². The first kappa shape index (κ1) is 22.1. The highest BCUT2D eigenvalue weighted by atomic mass is 28.3. The molecule has 3 atom stereocenters. The summed E-state index contributed by atoms with van der Waals surface area (Å²) < 4.78 is 12.2. The molecule has 1 heterocycles. The van der Waals surface area contributed by atoms with E-state index in [9.17, 15) is 9.90 Å². The van der Waals surface area contributed by atoms with Crippen LogP contribution in [-0.4, -0.2) is 42.7 Å². The second-order valence-corrected chi connectivity index (χ2v) is 15.6. The quantitative estimate of drug-likeness (QED) is 0.698. The minimum atomic E-state index is -2.15. The number of ether oxygens (including phenoxy) is 2. The van der Waals surface area contributed by atoms with Crippen molar-refractivity contribution in [1.82, 2.24) is 0 Å². The maximum Gasteiger partial charge on any atom is 0.189 e. The summed E-state index contributed by atoms with van der Waals surface area (Å²) in [5.41, 5.74) is -0.452. The van der Waals surface area contributed by atoms with E-state index in [1.54, 1.807) is 0 Å². The van der Waals surface area contributed by atoms with Gasteiger partial charge in [0, 0.05) is 0 Å². The second kappa shape index (κ2) is 7.65. The summed E-state index contributed by atoms with van der Waals surface area (Å²) in [6.45, 7) is 17.2. The van der Waals surface area contributed by atoms with Crippen LogP contribution in [0.15, 0.2) is 0 Å². The van der Waals surface area contributed by atoms with Gasteiger partial charge in [0.1, 0.15) is 11.8 Å². The average molecular weight is 385 g/mol. The van der Waals surface area contributed by atoms with Gasteiger partial charge in [0.05, 0.1) is 14.2 Å². The van der Waals surface area contributed by atoms with E-state index in [-0.39, 0.29) is 16.7 Å². The Balaban J connectivity index is 2.31. The third-order valence-electron chi connectivity index (χ3n) is 7.55. The standard InChI is InChI=1S/C21H40O4Si/c1-14(2)20(3,4)26(7,8)19-17(23)18(24-21(5,6)25-19)16(22)15-12-10-9-11-13-15/h14-16,18-19,22H,9-13H2,1-8H3/t16-,18-,19-/m0/s1. The van der Waals surface area contributed by atoms with Crippen LogP contribution in [0.2, 0.25) is 18.1 Å². The zero-order chi connectivity index (χ0) is 19.9. The Morgan fingerprint density at radius 3 is 2.15 bits per heavy atom. The van der Waals surface area contributed by atoms with E-state index in [2.05, 4.69) is 40.8 Å². The Morgan fingerprint density at radius 2 is 1.65 bits per heavy atom. The van der Waals surface area contributed by atoms with Crippen molar-refractivity contribution >= 4 is 13.9 Å². The molecule has 2 aliphatic rings. The van der Waals surface area contributed by atoms with Crippen LogP contribution >= 0.6 is 0 Å². The van der Waals surface area contributed by atoms with Gasteiger partial charge in [0.25, 0.3) is 0 Å². The predicted octanol–water partition coefficient (Wildman–Crippen LogP) is 4.70. The molecule has 0 aromatic heterocycles. The van der Waals surface area contributed by atoms with Crippen LogP contribution in [0.25, 0.3) is 0 Å². The molecular weight excluding hydrogens is 344 g/mol. The maximum absolute atomic E-state index is 13.4. The molecule has 1 saturated heterocycles. The normalized spacial score (nSPS) is 29.8. The van der Waals surface area contributed by atoms with Crippen LogP contribution in [0.5, 0.6) is 0 Å². The molecule has 0 radical (unpaired) electrons. The van der Waals surface area contributed by atoms with E-state index < -0.39 is 31.8 Å². The first-order valence-electron chi connectivity index (χ1n) is 10.4. The largest absolute Gasteiger partial charge is 0.390 e. The van der Waals surface area contributed by atoms with Gasteiger partial charge in [-0.15, -0.1) is 0 Å². The Morgan fingerprint density at radius 1 is 1.12 bits per heavy atom. The maximum atomic E-state index is 13.4. The molecule has 4 nitrogen and oxygen atoms in total. The molecule has 1 aliphatic heterocycles. The lowest BCUT2D eigenvalue weighted by Crippen LogP contribution is -2.67. The van der Waals surface area contributed by atoms with E-state index in [1.807, 2.05) is 13.8 Å². The van der Waals surface area contributed by atoms with Gasteiger partial charge in [-0.3, -0.25) is 4.79 Å². The molecule has 0 spiro atoms. The number of hydrogen-bond acceptors (Lipinski definition) is 4. The Bertz CT molecular complexity index is 506. The van der Waals surface area contributed by atoms with Gasteiger partial charge in [0.15, 0.2) is 11.6 Å². The van der Waals surface area contributed by atoms with Crippen LogP contribution in [0.4, 0.5) is 0 Å². The fraction of sp³-hybridized carbons (Fsp3) is 0.952. The van der Waals surface area contributed by atoms with E-state index in [4.69, 9.17) is 9.47 Å². The molecule has 0 unspecified atom stereocenters. The van der Waals surface area contributed by atoms with E-state index >= 15 is 0 Å². The molecule has 0 bridgehead atoms. The number of carbonyl (C=O) groups excluding carboxylic acids is 1. The number of aliphatic hydroxyl groups is 1. The second-order valence-electron chi connectivity index (χ2n) is 10.3. The monoisotopic (exact) mass is 384 g/mol. The van der Waals surface area contributed by atoms with E-state index in [1.165, 1.54) is 6.42 Å². The number of rotatable bonds is 5. The number of ketones is 1. The molecule has 2 rings (SSSR count). The minimum absolute atomic E-state index is 0.0289. The molecule has 26 heavy (non-hydrogen) atoms. The lowest BCUT2D eigenvalue weighted by molar-refractivity contribution is -0.284. The lowest BCUT2D eigenvalue weighted by atomic mass is 9.82. The molecule has 0 aromatic carbocycles. The van der Waals surface area contributed by atoms with Crippen molar-refractivity contribution in [3.63, 3.8) is 0 Å². The van der Waals surface area contributed by atoms with Gasteiger partial charge in [-0.05, 0) is 43.6 Å². The van der Waals surface area contributed by atoms with Crippen LogP contribution < -0.4 is 0 Å². The number of Topliss-reactive ketones (excluding diaryl/α,β-unsaturated/α-hetero) is 1. The van der Waals surface area contributed by atoms with Crippen LogP contribution in [-0.2, 0) is 14.3 Å². The summed E-state index contributed by atoms with van der Waals surface area (Å²) in [5.74, 6) is -0.271. The topological polar surface area (TPSA) is 55.8 Å². The summed E-state index contributed by atoms with van der Waals surface area (Å²) >= 11 is 0. The van der Waals surface area contributed by atoms with Crippen molar-refractivity contribution in [3.8, 4) is 0 Å².